The van der Waals surface area contributed by atoms with Crippen LogP contribution in [0.1, 0.15) is 37.1 Å². The summed E-state index contributed by atoms with van der Waals surface area (Å²) in [6, 6.07) is 5.01. The van der Waals surface area contributed by atoms with Crippen molar-refractivity contribution in [2.45, 2.75) is 38.5 Å². The summed E-state index contributed by atoms with van der Waals surface area (Å²) in [6.07, 6.45) is 7.16. The second-order valence-corrected chi connectivity index (χ2v) is 6.82. The number of hydrogen-bond donors (Lipinski definition) is 1. The maximum absolute atomic E-state index is 11.0. The van der Waals surface area contributed by atoms with Crippen molar-refractivity contribution >= 4 is 28.9 Å². The van der Waals surface area contributed by atoms with E-state index in [1.165, 1.54) is 7.11 Å². The van der Waals surface area contributed by atoms with Gasteiger partial charge in [-0.2, -0.15) is 0 Å². The normalized spacial score (nSPS) is 10.7. The van der Waals surface area contributed by atoms with Crippen molar-refractivity contribution in [2.24, 2.45) is 0 Å². The predicted octanol–water partition coefficient (Wildman–Crippen LogP) is 4.84. The van der Waals surface area contributed by atoms with Crippen LogP contribution in [0.2, 0.25) is 5.02 Å². The molecule has 0 radical (unpaired) electrons. The van der Waals surface area contributed by atoms with Crippen LogP contribution in [0, 0.1) is 0 Å². The first-order valence-corrected chi connectivity index (χ1v) is 8.80. The van der Waals surface area contributed by atoms with Crippen LogP contribution in [0.3, 0.4) is 0 Å². The zero-order valence-corrected chi connectivity index (χ0v) is 14.6. The number of halogens is 1. The van der Waals surface area contributed by atoms with Crippen molar-refractivity contribution in [3.05, 3.63) is 34.4 Å². The topological polar surface area (TPSA) is 59.4 Å². The summed E-state index contributed by atoms with van der Waals surface area (Å²) in [4.78, 5) is 16.3. The number of carbonyl (C=O) groups is 1. The smallest absolute Gasteiger partial charge is 0.305 e. The average Bonchev–Trinajstić information content (AvgIpc) is 3.01. The molecule has 4 nitrogen and oxygen atoms in total. The van der Waals surface area contributed by atoms with Gasteiger partial charge in [-0.15, -0.1) is 11.3 Å². The number of benzene rings is 1. The SMILES string of the molecule is COC(=O)CCCCCCc1ncc(-c2cc(Cl)ccc2O)s1. The average molecular weight is 354 g/mol. The highest BCUT2D eigenvalue weighted by Crippen LogP contribution is 2.35. The van der Waals surface area contributed by atoms with E-state index in [2.05, 4.69) is 9.72 Å². The Hall–Kier alpha value is -1.59. The molecule has 23 heavy (non-hydrogen) atoms. The van der Waals surface area contributed by atoms with Gasteiger partial charge in [0.15, 0.2) is 0 Å². The monoisotopic (exact) mass is 353 g/mol. The number of thiazole rings is 1. The summed E-state index contributed by atoms with van der Waals surface area (Å²) in [5.74, 6) is 0.0725. The lowest BCUT2D eigenvalue weighted by Gasteiger charge is -2.01. The molecule has 0 unspecified atom stereocenters. The van der Waals surface area contributed by atoms with Gasteiger partial charge in [0.05, 0.1) is 17.0 Å². The maximum Gasteiger partial charge on any atom is 0.305 e. The van der Waals surface area contributed by atoms with Crippen LogP contribution in [-0.2, 0) is 16.0 Å². The van der Waals surface area contributed by atoms with Crippen molar-refractivity contribution in [3.8, 4) is 16.2 Å². The van der Waals surface area contributed by atoms with E-state index in [1.807, 2.05) is 0 Å². The van der Waals surface area contributed by atoms with Crippen molar-refractivity contribution in [1.29, 1.82) is 0 Å². The number of nitrogens with zero attached hydrogens (tertiary/aromatic N) is 1. The van der Waals surface area contributed by atoms with Crippen molar-refractivity contribution in [1.82, 2.24) is 4.98 Å². The minimum Gasteiger partial charge on any atom is -0.507 e. The van der Waals surface area contributed by atoms with Gasteiger partial charge in [-0.25, -0.2) is 4.98 Å². The summed E-state index contributed by atoms with van der Waals surface area (Å²) >= 11 is 7.56. The van der Waals surface area contributed by atoms with Crippen LogP contribution in [0.5, 0.6) is 5.75 Å². The Labute approximate surface area is 145 Å². The lowest BCUT2D eigenvalue weighted by Crippen LogP contribution is -1.99. The van der Waals surface area contributed by atoms with Crippen LogP contribution >= 0.6 is 22.9 Å². The molecule has 0 aliphatic carbocycles. The van der Waals surface area contributed by atoms with Gasteiger partial charge in [-0.05, 0) is 37.5 Å². The number of carbonyl (C=O) groups excluding carboxylic acids is 1. The van der Waals surface area contributed by atoms with Crippen LogP contribution < -0.4 is 0 Å². The van der Waals surface area contributed by atoms with Crippen LogP contribution in [-0.4, -0.2) is 23.2 Å². The van der Waals surface area contributed by atoms with E-state index in [9.17, 15) is 9.90 Å². The first kappa shape index (κ1) is 17.8. The van der Waals surface area contributed by atoms with Gasteiger partial charge in [0, 0.05) is 23.2 Å². The Kier molecular flexibility index (Phi) is 6.86. The molecule has 0 saturated carbocycles. The van der Waals surface area contributed by atoms with E-state index in [1.54, 1.807) is 35.7 Å². The Morgan fingerprint density at radius 3 is 2.87 bits per heavy atom. The number of ether oxygens (including phenoxy) is 1. The summed E-state index contributed by atoms with van der Waals surface area (Å²) in [6.45, 7) is 0. The largest absolute Gasteiger partial charge is 0.507 e. The number of methoxy groups -OCH3 is 1. The van der Waals surface area contributed by atoms with Gasteiger partial charge in [0.1, 0.15) is 5.75 Å². The molecule has 0 aliphatic rings. The zero-order chi connectivity index (χ0) is 16.7. The second-order valence-electron chi connectivity index (χ2n) is 5.27. The van der Waals surface area contributed by atoms with E-state index in [-0.39, 0.29) is 11.7 Å². The third kappa shape index (κ3) is 5.52. The number of hydrogen-bond acceptors (Lipinski definition) is 5. The van der Waals surface area contributed by atoms with Gasteiger partial charge in [0.2, 0.25) is 0 Å². The summed E-state index contributed by atoms with van der Waals surface area (Å²) in [5, 5.41) is 11.6. The van der Waals surface area contributed by atoms with Gasteiger partial charge >= 0.3 is 5.97 Å². The van der Waals surface area contributed by atoms with E-state index in [4.69, 9.17) is 11.6 Å². The van der Waals surface area contributed by atoms with Gasteiger partial charge in [-0.1, -0.05) is 24.4 Å². The van der Waals surface area contributed by atoms with Gasteiger partial charge in [-0.3, -0.25) is 4.79 Å². The molecular formula is C17H20ClNO3S. The molecule has 0 aliphatic heterocycles. The van der Waals surface area contributed by atoms with Gasteiger partial charge in [0.25, 0.3) is 0 Å². The Balaban J connectivity index is 1.79. The van der Waals surface area contributed by atoms with Crippen molar-refractivity contribution < 1.29 is 14.6 Å². The fourth-order valence-corrected chi connectivity index (χ4v) is 3.41. The van der Waals surface area contributed by atoms with E-state index in [0.717, 1.165) is 47.6 Å². The molecule has 1 heterocycles. The molecule has 0 bridgehead atoms. The highest BCUT2D eigenvalue weighted by atomic mass is 35.5. The standard InChI is InChI=1S/C17H20ClNO3S/c1-22-17(21)7-5-3-2-4-6-16-19-11-15(23-16)13-10-12(18)8-9-14(13)20/h8-11,20H,2-7H2,1H3. The lowest BCUT2D eigenvalue weighted by molar-refractivity contribution is -0.140. The number of unbranched alkanes of at least 4 members (excludes halogenated alkanes) is 3. The Morgan fingerprint density at radius 1 is 1.30 bits per heavy atom. The quantitative estimate of drug-likeness (QED) is 0.545. The van der Waals surface area contributed by atoms with Gasteiger partial charge < -0.3 is 9.84 Å². The third-order valence-corrected chi connectivity index (χ3v) is 4.85. The van der Waals surface area contributed by atoms with Crippen LogP contribution in [0.25, 0.3) is 10.4 Å². The first-order chi connectivity index (χ1) is 11.1. The molecule has 0 fully saturated rings. The molecule has 6 heteroatoms. The number of esters is 1. The lowest BCUT2D eigenvalue weighted by atomic mass is 10.1. The summed E-state index contributed by atoms with van der Waals surface area (Å²) < 4.78 is 4.61. The highest BCUT2D eigenvalue weighted by molar-refractivity contribution is 7.15. The van der Waals surface area contributed by atoms with E-state index in [0.29, 0.717) is 11.4 Å². The predicted molar refractivity (Wildman–Crippen MR) is 93.0 cm³/mol. The summed E-state index contributed by atoms with van der Waals surface area (Å²) in [5.41, 5.74) is 0.722. The zero-order valence-electron chi connectivity index (χ0n) is 13.0. The molecule has 1 aromatic heterocycles. The molecule has 1 N–H and O–H groups in total. The number of rotatable bonds is 8. The van der Waals surface area contributed by atoms with Crippen LogP contribution in [0.4, 0.5) is 0 Å². The summed E-state index contributed by atoms with van der Waals surface area (Å²) in [7, 11) is 1.42. The number of aryl methyl sites for hydroxylation is 1. The molecule has 0 atom stereocenters. The van der Waals surface area contributed by atoms with E-state index < -0.39 is 0 Å². The Bertz CT molecular complexity index is 657. The Morgan fingerprint density at radius 2 is 2.09 bits per heavy atom. The maximum atomic E-state index is 11.0. The molecule has 124 valence electrons. The fourth-order valence-electron chi connectivity index (χ4n) is 2.26. The fraction of sp³-hybridized carbons (Fsp3) is 0.412. The molecule has 2 aromatic rings. The molecule has 0 spiro atoms. The first-order valence-electron chi connectivity index (χ1n) is 7.60. The van der Waals surface area contributed by atoms with Crippen LogP contribution in [0.15, 0.2) is 24.4 Å². The van der Waals surface area contributed by atoms with E-state index >= 15 is 0 Å². The molecular weight excluding hydrogens is 334 g/mol. The minimum atomic E-state index is -0.143. The number of phenols is 1. The van der Waals surface area contributed by atoms with Crippen molar-refractivity contribution in [3.63, 3.8) is 0 Å². The highest BCUT2D eigenvalue weighted by Gasteiger charge is 2.09. The third-order valence-electron chi connectivity index (χ3n) is 3.53. The molecule has 2 rings (SSSR count). The second kappa shape index (κ2) is 8.89. The molecule has 1 aromatic carbocycles. The minimum absolute atomic E-state index is 0.143. The molecule has 0 saturated heterocycles. The van der Waals surface area contributed by atoms with Crippen molar-refractivity contribution in [2.75, 3.05) is 7.11 Å². The molecule has 0 amide bonds. The number of aromatic hydroxyl groups is 1. The number of aromatic nitrogens is 1. The number of phenolic OH excluding ortho intramolecular Hbond substituents is 1.